The third-order valence-electron chi connectivity index (χ3n) is 5.80. The molecule has 1 aliphatic carbocycles. The SMILES string of the molecule is Cc1ccc(S(=O)(=O)NCC2CCC(=NO[Si](C)(C)C(C)(C)C)C(Cl)C2)cc1. The molecule has 1 fully saturated rings. The first-order chi connectivity index (χ1) is 12.8. The lowest BCUT2D eigenvalue weighted by atomic mass is 9.88. The first-order valence-electron chi connectivity index (χ1n) is 9.77. The lowest BCUT2D eigenvalue weighted by Crippen LogP contribution is -2.40. The molecule has 0 bridgehead atoms. The minimum Gasteiger partial charge on any atom is -0.455 e. The van der Waals surface area contributed by atoms with Gasteiger partial charge >= 0.3 is 0 Å². The quantitative estimate of drug-likeness (QED) is 0.378. The summed E-state index contributed by atoms with van der Waals surface area (Å²) in [5.74, 6) is 0.189. The lowest BCUT2D eigenvalue weighted by Gasteiger charge is -2.34. The van der Waals surface area contributed by atoms with Crippen molar-refractivity contribution >= 4 is 35.7 Å². The summed E-state index contributed by atoms with van der Waals surface area (Å²) in [4.78, 5) is 0.293. The summed E-state index contributed by atoms with van der Waals surface area (Å²) in [7, 11) is -5.45. The second kappa shape index (κ2) is 8.86. The maximum atomic E-state index is 12.5. The summed E-state index contributed by atoms with van der Waals surface area (Å²) in [5.41, 5.74) is 1.91. The van der Waals surface area contributed by atoms with Crippen LogP contribution in [0.2, 0.25) is 18.1 Å². The molecule has 0 saturated heterocycles. The molecule has 0 spiro atoms. The van der Waals surface area contributed by atoms with Crippen molar-refractivity contribution in [2.24, 2.45) is 11.1 Å². The molecule has 1 saturated carbocycles. The van der Waals surface area contributed by atoms with Gasteiger partial charge < -0.3 is 4.53 Å². The fraction of sp³-hybridized carbons (Fsp3) is 0.650. The Morgan fingerprint density at radius 2 is 1.86 bits per heavy atom. The van der Waals surface area contributed by atoms with Crippen LogP contribution in [-0.4, -0.2) is 34.4 Å². The Kier molecular flexibility index (Phi) is 7.40. The third kappa shape index (κ3) is 6.05. The number of alkyl halides is 1. The average Bonchev–Trinajstić information content (AvgIpc) is 2.58. The van der Waals surface area contributed by atoms with Crippen LogP contribution in [0, 0.1) is 12.8 Å². The van der Waals surface area contributed by atoms with Gasteiger partial charge in [0.15, 0.2) is 0 Å². The molecule has 1 aromatic carbocycles. The van der Waals surface area contributed by atoms with Crippen molar-refractivity contribution in [3.8, 4) is 0 Å². The highest BCUT2D eigenvalue weighted by Gasteiger charge is 2.40. The lowest BCUT2D eigenvalue weighted by molar-refractivity contribution is 0.301. The molecule has 0 aromatic heterocycles. The summed E-state index contributed by atoms with van der Waals surface area (Å²) < 4.78 is 33.6. The number of rotatable bonds is 6. The van der Waals surface area contributed by atoms with Gasteiger partial charge in [-0.25, -0.2) is 13.1 Å². The minimum absolute atomic E-state index is 0.0876. The van der Waals surface area contributed by atoms with Gasteiger partial charge in [-0.05, 0) is 62.4 Å². The highest BCUT2D eigenvalue weighted by molar-refractivity contribution is 7.89. The zero-order chi connectivity index (χ0) is 21.2. The van der Waals surface area contributed by atoms with Crippen LogP contribution < -0.4 is 4.72 Å². The van der Waals surface area contributed by atoms with E-state index in [1.807, 2.05) is 6.92 Å². The van der Waals surface area contributed by atoms with E-state index in [-0.39, 0.29) is 16.3 Å². The molecule has 5 nitrogen and oxygen atoms in total. The van der Waals surface area contributed by atoms with Gasteiger partial charge in [-0.3, -0.25) is 0 Å². The number of hydrogen-bond donors (Lipinski definition) is 1. The van der Waals surface area contributed by atoms with Gasteiger partial charge in [0.25, 0.3) is 8.32 Å². The molecule has 0 radical (unpaired) electrons. The van der Waals surface area contributed by atoms with Crippen molar-refractivity contribution in [3.63, 3.8) is 0 Å². The molecular formula is C20H33ClN2O3SSi. The summed E-state index contributed by atoms with van der Waals surface area (Å²) in [6.45, 7) is 13.2. The van der Waals surface area contributed by atoms with E-state index in [2.05, 4.69) is 43.7 Å². The van der Waals surface area contributed by atoms with E-state index in [0.717, 1.165) is 24.1 Å². The van der Waals surface area contributed by atoms with Crippen molar-refractivity contribution in [1.29, 1.82) is 0 Å². The predicted octanol–water partition coefficient (Wildman–Crippen LogP) is 5.06. The summed E-state index contributed by atoms with van der Waals surface area (Å²) in [6.07, 6.45) is 2.27. The maximum Gasteiger partial charge on any atom is 0.286 e. The summed E-state index contributed by atoms with van der Waals surface area (Å²) in [6, 6.07) is 6.86. The van der Waals surface area contributed by atoms with E-state index < -0.39 is 18.3 Å². The number of halogens is 1. The van der Waals surface area contributed by atoms with Gasteiger partial charge in [0.05, 0.1) is 16.0 Å². The van der Waals surface area contributed by atoms with Gasteiger partial charge in [-0.15, -0.1) is 16.8 Å². The maximum absolute atomic E-state index is 12.5. The minimum atomic E-state index is -3.50. The molecule has 158 valence electrons. The Hall–Kier alpha value is -0.893. The van der Waals surface area contributed by atoms with E-state index in [1.165, 1.54) is 0 Å². The van der Waals surface area contributed by atoms with Gasteiger partial charge in [-0.1, -0.05) is 38.5 Å². The molecule has 0 aliphatic heterocycles. The van der Waals surface area contributed by atoms with Gasteiger partial charge in [0.2, 0.25) is 10.0 Å². The summed E-state index contributed by atoms with van der Waals surface area (Å²) in [5, 5.41) is 4.28. The van der Waals surface area contributed by atoms with Crippen LogP contribution >= 0.6 is 11.6 Å². The molecule has 2 unspecified atom stereocenters. The Labute approximate surface area is 176 Å². The zero-order valence-corrected chi connectivity index (χ0v) is 20.3. The van der Waals surface area contributed by atoms with Gasteiger partial charge in [-0.2, -0.15) is 0 Å². The molecule has 1 N–H and O–H groups in total. The molecule has 0 amide bonds. The number of sulfonamides is 1. The van der Waals surface area contributed by atoms with Gasteiger partial charge in [0.1, 0.15) is 0 Å². The van der Waals surface area contributed by atoms with Crippen LogP contribution in [0.25, 0.3) is 0 Å². The average molecular weight is 445 g/mol. The van der Waals surface area contributed by atoms with E-state index in [1.54, 1.807) is 24.3 Å². The van der Waals surface area contributed by atoms with Crippen LogP contribution in [-0.2, 0) is 14.6 Å². The molecule has 8 heteroatoms. The first-order valence-corrected chi connectivity index (χ1v) is 14.6. The number of oxime groups is 1. The fourth-order valence-corrected chi connectivity index (χ4v) is 4.82. The highest BCUT2D eigenvalue weighted by atomic mass is 35.5. The molecule has 2 rings (SSSR count). The zero-order valence-electron chi connectivity index (χ0n) is 17.8. The molecule has 1 aromatic rings. The molecule has 0 heterocycles. The van der Waals surface area contributed by atoms with Crippen LogP contribution in [0.1, 0.15) is 45.6 Å². The Balaban J connectivity index is 1.91. The van der Waals surface area contributed by atoms with Crippen molar-refractivity contribution in [2.75, 3.05) is 6.54 Å². The second-order valence-electron chi connectivity index (χ2n) is 9.21. The monoisotopic (exact) mass is 444 g/mol. The normalized spacial score (nSPS) is 23.0. The Morgan fingerprint density at radius 1 is 1.25 bits per heavy atom. The van der Waals surface area contributed by atoms with Gasteiger partial charge in [0, 0.05) is 6.54 Å². The van der Waals surface area contributed by atoms with Crippen molar-refractivity contribution in [1.82, 2.24) is 4.72 Å². The molecule has 28 heavy (non-hydrogen) atoms. The third-order valence-corrected chi connectivity index (χ3v) is 11.8. The molecule has 2 atom stereocenters. The van der Waals surface area contributed by atoms with Crippen molar-refractivity contribution in [3.05, 3.63) is 29.8 Å². The topological polar surface area (TPSA) is 67.8 Å². The van der Waals surface area contributed by atoms with Crippen LogP contribution in [0.4, 0.5) is 0 Å². The summed E-state index contributed by atoms with van der Waals surface area (Å²) >= 11 is 6.53. The largest absolute Gasteiger partial charge is 0.455 e. The molecule has 1 aliphatic rings. The standard InChI is InChI=1S/C20H33ClN2O3SSi/c1-15-7-10-17(11-8-15)27(24,25)22-14-16-9-12-19(18(21)13-16)23-26-28(5,6)20(2,3)4/h7-8,10-11,16,18,22H,9,12-14H2,1-6H3. The van der Waals surface area contributed by atoms with Crippen LogP contribution in [0.5, 0.6) is 0 Å². The fourth-order valence-electron chi connectivity index (χ4n) is 2.68. The van der Waals surface area contributed by atoms with E-state index in [0.29, 0.717) is 17.9 Å². The molecular weight excluding hydrogens is 412 g/mol. The number of nitrogens with one attached hydrogen (secondary N) is 1. The van der Waals surface area contributed by atoms with Crippen molar-refractivity contribution in [2.45, 2.75) is 75.4 Å². The van der Waals surface area contributed by atoms with Crippen LogP contribution in [0.15, 0.2) is 34.3 Å². The number of aryl methyl sites for hydroxylation is 1. The number of hydrogen-bond acceptors (Lipinski definition) is 4. The number of nitrogens with zero attached hydrogens (tertiary/aromatic N) is 1. The number of benzene rings is 1. The first kappa shape index (κ1) is 23.4. The van der Waals surface area contributed by atoms with E-state index in [4.69, 9.17) is 16.1 Å². The second-order valence-corrected chi connectivity index (χ2v) is 16.2. The van der Waals surface area contributed by atoms with Crippen LogP contribution in [0.3, 0.4) is 0 Å². The highest BCUT2D eigenvalue weighted by Crippen LogP contribution is 2.37. The van der Waals surface area contributed by atoms with E-state index >= 15 is 0 Å². The van der Waals surface area contributed by atoms with E-state index in [9.17, 15) is 8.42 Å². The predicted molar refractivity (Wildman–Crippen MR) is 119 cm³/mol. The Bertz CT molecular complexity index is 802. The smallest absolute Gasteiger partial charge is 0.286 e. The van der Waals surface area contributed by atoms with Crippen molar-refractivity contribution < 1.29 is 12.9 Å². The Morgan fingerprint density at radius 3 is 2.39 bits per heavy atom.